The van der Waals surface area contributed by atoms with Gasteiger partial charge in [0.1, 0.15) is 5.75 Å². The van der Waals surface area contributed by atoms with Crippen LogP contribution in [-0.2, 0) is 0 Å². The molecule has 0 aliphatic rings. The van der Waals surface area contributed by atoms with Crippen LogP contribution >= 0.6 is 11.6 Å². The molecule has 0 aliphatic carbocycles. The summed E-state index contributed by atoms with van der Waals surface area (Å²) in [6, 6.07) is 11.6. The van der Waals surface area contributed by atoms with E-state index >= 15 is 0 Å². The predicted molar refractivity (Wildman–Crippen MR) is 76.9 cm³/mol. The van der Waals surface area contributed by atoms with Crippen LogP contribution in [0.4, 0.5) is 16.2 Å². The van der Waals surface area contributed by atoms with Gasteiger partial charge in [0.2, 0.25) is 0 Å². The summed E-state index contributed by atoms with van der Waals surface area (Å²) in [6.07, 6.45) is 0. The standard InChI is InChI=1S/C14H13ClN2O2/c1-9-7-12(13(18)8-11(9)15)17-14(19)16-10-5-3-2-4-6-10/h2-8,18H,1H3,(H2,16,17,19). The molecule has 0 aliphatic heterocycles. The Morgan fingerprint density at radius 2 is 1.84 bits per heavy atom. The summed E-state index contributed by atoms with van der Waals surface area (Å²) in [5.74, 6) is -0.0705. The Kier molecular flexibility index (Phi) is 3.92. The van der Waals surface area contributed by atoms with E-state index in [1.54, 1.807) is 25.1 Å². The fraction of sp³-hybridized carbons (Fsp3) is 0.0714. The molecule has 5 heteroatoms. The molecule has 2 aromatic rings. The molecule has 2 rings (SSSR count). The first kappa shape index (κ1) is 13.2. The monoisotopic (exact) mass is 276 g/mol. The second-order valence-electron chi connectivity index (χ2n) is 4.06. The van der Waals surface area contributed by atoms with E-state index in [9.17, 15) is 9.90 Å². The maximum Gasteiger partial charge on any atom is 0.323 e. The number of benzene rings is 2. The number of carbonyl (C=O) groups is 1. The van der Waals surface area contributed by atoms with Crippen molar-refractivity contribution in [3.05, 3.63) is 53.1 Å². The van der Waals surface area contributed by atoms with Crippen LogP contribution in [0.2, 0.25) is 5.02 Å². The van der Waals surface area contributed by atoms with E-state index in [1.807, 2.05) is 18.2 Å². The molecule has 0 saturated carbocycles. The Balaban J connectivity index is 2.09. The Bertz CT molecular complexity index is 600. The number of anilines is 2. The zero-order chi connectivity index (χ0) is 13.8. The van der Waals surface area contributed by atoms with E-state index in [0.29, 0.717) is 16.4 Å². The number of halogens is 1. The van der Waals surface area contributed by atoms with Crippen molar-refractivity contribution in [3.63, 3.8) is 0 Å². The molecular weight excluding hydrogens is 264 g/mol. The molecule has 98 valence electrons. The predicted octanol–water partition coefficient (Wildman–Crippen LogP) is 4.00. The molecule has 0 atom stereocenters. The van der Waals surface area contributed by atoms with Gasteiger partial charge in [-0.3, -0.25) is 0 Å². The normalized spacial score (nSPS) is 10.0. The summed E-state index contributed by atoms with van der Waals surface area (Å²) in [5.41, 5.74) is 1.76. The highest BCUT2D eigenvalue weighted by Crippen LogP contribution is 2.29. The summed E-state index contributed by atoms with van der Waals surface area (Å²) in [6.45, 7) is 1.79. The first-order chi connectivity index (χ1) is 9.06. The number of rotatable bonds is 2. The molecule has 0 unspecified atom stereocenters. The molecule has 0 saturated heterocycles. The van der Waals surface area contributed by atoms with Crippen LogP contribution in [0, 0.1) is 6.92 Å². The second kappa shape index (κ2) is 5.63. The van der Waals surface area contributed by atoms with Crippen LogP contribution < -0.4 is 10.6 Å². The summed E-state index contributed by atoms with van der Waals surface area (Å²) in [7, 11) is 0. The largest absolute Gasteiger partial charge is 0.506 e. The lowest BCUT2D eigenvalue weighted by molar-refractivity contribution is 0.262. The third kappa shape index (κ3) is 3.39. The highest BCUT2D eigenvalue weighted by atomic mass is 35.5. The molecule has 0 bridgehead atoms. The zero-order valence-electron chi connectivity index (χ0n) is 10.3. The summed E-state index contributed by atoms with van der Waals surface area (Å²) < 4.78 is 0. The lowest BCUT2D eigenvalue weighted by Gasteiger charge is -2.10. The van der Waals surface area contributed by atoms with Crippen molar-refractivity contribution in [2.45, 2.75) is 6.92 Å². The van der Waals surface area contributed by atoms with E-state index in [1.165, 1.54) is 6.07 Å². The molecule has 0 spiro atoms. The number of phenols is 1. The Morgan fingerprint density at radius 1 is 1.16 bits per heavy atom. The quantitative estimate of drug-likeness (QED) is 0.726. The minimum Gasteiger partial charge on any atom is -0.506 e. The zero-order valence-corrected chi connectivity index (χ0v) is 11.0. The van der Waals surface area contributed by atoms with Crippen LogP contribution in [0.25, 0.3) is 0 Å². The van der Waals surface area contributed by atoms with Crippen molar-refractivity contribution in [2.24, 2.45) is 0 Å². The molecular formula is C14H13ClN2O2. The molecule has 0 fully saturated rings. The SMILES string of the molecule is Cc1cc(NC(=O)Nc2ccccc2)c(O)cc1Cl. The number of hydrogen-bond acceptors (Lipinski definition) is 2. The van der Waals surface area contributed by atoms with Gasteiger partial charge in [0, 0.05) is 16.8 Å². The molecule has 0 radical (unpaired) electrons. The van der Waals surface area contributed by atoms with Gasteiger partial charge in [0.25, 0.3) is 0 Å². The van der Waals surface area contributed by atoms with Gasteiger partial charge >= 0.3 is 6.03 Å². The molecule has 0 aromatic heterocycles. The number of urea groups is 1. The smallest absolute Gasteiger partial charge is 0.323 e. The number of phenolic OH excluding ortho intramolecular Hbond substituents is 1. The molecule has 4 nitrogen and oxygen atoms in total. The van der Waals surface area contributed by atoms with Gasteiger partial charge in [-0.1, -0.05) is 29.8 Å². The molecule has 19 heavy (non-hydrogen) atoms. The number of amides is 2. The Labute approximate surface area is 116 Å². The third-order valence-electron chi connectivity index (χ3n) is 2.56. The maximum atomic E-state index is 11.8. The van der Waals surface area contributed by atoms with Crippen LogP contribution in [0.5, 0.6) is 5.75 Å². The van der Waals surface area contributed by atoms with E-state index in [0.717, 1.165) is 5.56 Å². The minimum absolute atomic E-state index is 0.0705. The highest BCUT2D eigenvalue weighted by molar-refractivity contribution is 6.31. The maximum absolute atomic E-state index is 11.8. The van der Waals surface area contributed by atoms with Crippen molar-refractivity contribution < 1.29 is 9.90 Å². The minimum atomic E-state index is -0.428. The summed E-state index contributed by atoms with van der Waals surface area (Å²) >= 11 is 5.86. The van der Waals surface area contributed by atoms with Gasteiger partial charge in [0.15, 0.2) is 0 Å². The lowest BCUT2D eigenvalue weighted by Crippen LogP contribution is -2.19. The van der Waals surface area contributed by atoms with Crippen molar-refractivity contribution >= 4 is 29.0 Å². The summed E-state index contributed by atoms with van der Waals surface area (Å²) in [4.78, 5) is 11.8. The lowest BCUT2D eigenvalue weighted by atomic mass is 10.2. The van der Waals surface area contributed by atoms with Gasteiger partial charge in [-0.05, 0) is 30.7 Å². The van der Waals surface area contributed by atoms with Crippen LogP contribution in [-0.4, -0.2) is 11.1 Å². The number of carbonyl (C=O) groups excluding carboxylic acids is 1. The fourth-order valence-corrected chi connectivity index (χ4v) is 1.74. The molecule has 2 aromatic carbocycles. The van der Waals surface area contributed by atoms with Crippen LogP contribution in [0.1, 0.15) is 5.56 Å². The van der Waals surface area contributed by atoms with Crippen LogP contribution in [0.3, 0.4) is 0 Å². The molecule has 2 amide bonds. The van der Waals surface area contributed by atoms with Gasteiger partial charge in [-0.2, -0.15) is 0 Å². The average Bonchev–Trinajstić information content (AvgIpc) is 2.37. The summed E-state index contributed by atoms with van der Waals surface area (Å²) in [5, 5.41) is 15.4. The Hall–Kier alpha value is -2.20. The Morgan fingerprint density at radius 3 is 2.53 bits per heavy atom. The van der Waals surface area contributed by atoms with E-state index < -0.39 is 6.03 Å². The molecule has 3 N–H and O–H groups in total. The van der Waals surface area contributed by atoms with Crippen LogP contribution in [0.15, 0.2) is 42.5 Å². The number of aryl methyl sites for hydroxylation is 1. The fourth-order valence-electron chi connectivity index (χ4n) is 1.58. The third-order valence-corrected chi connectivity index (χ3v) is 2.96. The number of hydrogen-bond donors (Lipinski definition) is 3. The van der Waals surface area contributed by atoms with Gasteiger partial charge < -0.3 is 15.7 Å². The highest BCUT2D eigenvalue weighted by Gasteiger charge is 2.08. The van der Waals surface area contributed by atoms with E-state index in [-0.39, 0.29) is 5.75 Å². The second-order valence-corrected chi connectivity index (χ2v) is 4.47. The topological polar surface area (TPSA) is 61.4 Å². The van der Waals surface area contributed by atoms with Crippen molar-refractivity contribution in [1.29, 1.82) is 0 Å². The average molecular weight is 277 g/mol. The molecule has 0 heterocycles. The number of nitrogens with one attached hydrogen (secondary N) is 2. The van der Waals surface area contributed by atoms with Gasteiger partial charge in [-0.25, -0.2) is 4.79 Å². The van der Waals surface area contributed by atoms with E-state index in [2.05, 4.69) is 10.6 Å². The van der Waals surface area contributed by atoms with E-state index in [4.69, 9.17) is 11.6 Å². The van der Waals surface area contributed by atoms with Crippen molar-refractivity contribution in [1.82, 2.24) is 0 Å². The first-order valence-corrected chi connectivity index (χ1v) is 6.06. The number of aromatic hydroxyl groups is 1. The van der Waals surface area contributed by atoms with Gasteiger partial charge in [0.05, 0.1) is 5.69 Å². The van der Waals surface area contributed by atoms with Gasteiger partial charge in [-0.15, -0.1) is 0 Å². The van der Waals surface area contributed by atoms with Crippen molar-refractivity contribution in [2.75, 3.05) is 10.6 Å². The first-order valence-electron chi connectivity index (χ1n) is 5.68. The number of para-hydroxylation sites is 1. The van der Waals surface area contributed by atoms with Crippen molar-refractivity contribution in [3.8, 4) is 5.75 Å².